The molecule has 0 bridgehead atoms. The summed E-state index contributed by atoms with van der Waals surface area (Å²) < 4.78 is 4.91. The molecule has 17 heavy (non-hydrogen) atoms. The third-order valence-corrected chi connectivity index (χ3v) is 2.52. The molecule has 1 heterocycles. The van der Waals surface area contributed by atoms with E-state index in [1.54, 1.807) is 13.8 Å². The number of carbonyl (C=O) groups excluding carboxylic acids is 1. The molecule has 1 rings (SSSR count). The summed E-state index contributed by atoms with van der Waals surface area (Å²) in [4.78, 5) is 25.9. The number of hydrogen-bond donors (Lipinski definition) is 0. The van der Waals surface area contributed by atoms with Gasteiger partial charge in [0, 0.05) is 18.6 Å². The minimum absolute atomic E-state index is 0.0890. The van der Waals surface area contributed by atoms with E-state index in [9.17, 15) is 14.9 Å². The molecule has 6 nitrogen and oxygen atoms in total. The van der Waals surface area contributed by atoms with Crippen LogP contribution in [-0.2, 0) is 4.79 Å². The molecule has 0 spiro atoms. The van der Waals surface area contributed by atoms with Crippen molar-refractivity contribution in [3.63, 3.8) is 0 Å². The van der Waals surface area contributed by atoms with Gasteiger partial charge in [0.1, 0.15) is 11.5 Å². The van der Waals surface area contributed by atoms with Crippen LogP contribution in [0.2, 0.25) is 0 Å². The van der Waals surface area contributed by atoms with Gasteiger partial charge in [-0.3, -0.25) is 14.9 Å². The molecule has 0 radical (unpaired) electrons. The SMILES string of the molecule is CCC(=O)C(C)c1nc(OC)ccc1[N+](=O)[O-]. The van der Waals surface area contributed by atoms with Crippen LogP contribution in [0.15, 0.2) is 12.1 Å². The van der Waals surface area contributed by atoms with Gasteiger partial charge in [-0.05, 0) is 6.92 Å². The molecule has 1 aromatic rings. The Morgan fingerprint density at radius 2 is 2.24 bits per heavy atom. The number of nitro groups is 1. The standard InChI is InChI=1S/C11H14N2O4/c1-4-9(14)7(2)11-8(13(15)16)5-6-10(12-11)17-3/h5-7H,4H2,1-3H3. The van der Waals surface area contributed by atoms with E-state index >= 15 is 0 Å². The van der Waals surface area contributed by atoms with Crippen molar-refractivity contribution in [2.45, 2.75) is 26.2 Å². The van der Waals surface area contributed by atoms with Gasteiger partial charge in [0.2, 0.25) is 5.88 Å². The number of rotatable bonds is 5. The van der Waals surface area contributed by atoms with Crippen LogP contribution in [0, 0.1) is 10.1 Å². The highest BCUT2D eigenvalue weighted by molar-refractivity contribution is 5.85. The Morgan fingerprint density at radius 3 is 2.71 bits per heavy atom. The fraction of sp³-hybridized carbons (Fsp3) is 0.455. The molecule has 0 amide bonds. The largest absolute Gasteiger partial charge is 0.481 e. The van der Waals surface area contributed by atoms with Crippen LogP contribution in [-0.4, -0.2) is 22.8 Å². The van der Waals surface area contributed by atoms with Crippen molar-refractivity contribution in [3.8, 4) is 5.88 Å². The highest BCUT2D eigenvalue weighted by Gasteiger charge is 2.25. The molecule has 0 aliphatic carbocycles. The highest BCUT2D eigenvalue weighted by atomic mass is 16.6. The third-order valence-electron chi connectivity index (χ3n) is 2.52. The lowest BCUT2D eigenvalue weighted by molar-refractivity contribution is -0.386. The van der Waals surface area contributed by atoms with Gasteiger partial charge in [0.15, 0.2) is 0 Å². The van der Waals surface area contributed by atoms with Crippen LogP contribution >= 0.6 is 0 Å². The summed E-state index contributed by atoms with van der Waals surface area (Å²) >= 11 is 0. The van der Waals surface area contributed by atoms with Gasteiger partial charge in [0.05, 0.1) is 18.0 Å². The number of aromatic nitrogens is 1. The Balaban J connectivity index is 3.26. The first-order valence-electron chi connectivity index (χ1n) is 5.23. The van der Waals surface area contributed by atoms with Crippen LogP contribution < -0.4 is 4.74 Å². The average Bonchev–Trinajstić information content (AvgIpc) is 2.35. The first kappa shape index (κ1) is 13.1. The number of methoxy groups -OCH3 is 1. The van der Waals surface area contributed by atoms with Crippen LogP contribution in [0.1, 0.15) is 31.9 Å². The van der Waals surface area contributed by atoms with Gasteiger partial charge >= 0.3 is 0 Å². The molecule has 0 aliphatic heterocycles. The van der Waals surface area contributed by atoms with Crippen LogP contribution in [0.3, 0.4) is 0 Å². The van der Waals surface area contributed by atoms with E-state index < -0.39 is 10.8 Å². The van der Waals surface area contributed by atoms with Crippen molar-refractivity contribution < 1.29 is 14.5 Å². The van der Waals surface area contributed by atoms with Gasteiger partial charge in [0.25, 0.3) is 5.69 Å². The fourth-order valence-corrected chi connectivity index (χ4v) is 1.49. The lowest BCUT2D eigenvalue weighted by Gasteiger charge is -2.10. The molecule has 0 N–H and O–H groups in total. The zero-order valence-electron chi connectivity index (χ0n) is 9.97. The lowest BCUT2D eigenvalue weighted by atomic mass is 9.99. The predicted octanol–water partition coefficient (Wildman–Crippen LogP) is 2.08. The second-order valence-electron chi connectivity index (χ2n) is 3.56. The second-order valence-corrected chi connectivity index (χ2v) is 3.56. The van der Waals surface area contributed by atoms with Crippen molar-refractivity contribution in [1.82, 2.24) is 4.98 Å². The number of ketones is 1. The Morgan fingerprint density at radius 1 is 1.59 bits per heavy atom. The van der Waals surface area contributed by atoms with Crippen molar-refractivity contribution >= 4 is 11.5 Å². The first-order valence-corrected chi connectivity index (χ1v) is 5.23. The topological polar surface area (TPSA) is 82.3 Å². The highest BCUT2D eigenvalue weighted by Crippen LogP contribution is 2.28. The number of pyridine rings is 1. The van der Waals surface area contributed by atoms with Crippen LogP contribution in [0.5, 0.6) is 5.88 Å². The Kier molecular flexibility index (Phi) is 4.14. The van der Waals surface area contributed by atoms with E-state index in [0.717, 1.165) is 0 Å². The number of ether oxygens (including phenoxy) is 1. The van der Waals surface area contributed by atoms with Crippen LogP contribution in [0.25, 0.3) is 0 Å². The van der Waals surface area contributed by atoms with Crippen molar-refractivity contribution in [3.05, 3.63) is 27.9 Å². The Bertz CT molecular complexity index is 445. The molecular weight excluding hydrogens is 224 g/mol. The number of nitrogens with zero attached hydrogens (tertiary/aromatic N) is 2. The molecule has 1 aromatic heterocycles. The van der Waals surface area contributed by atoms with Gasteiger partial charge in [-0.2, -0.15) is 0 Å². The number of hydrogen-bond acceptors (Lipinski definition) is 5. The molecule has 0 saturated heterocycles. The summed E-state index contributed by atoms with van der Waals surface area (Å²) in [6, 6.07) is 2.71. The summed E-state index contributed by atoms with van der Waals surface area (Å²) in [7, 11) is 1.42. The molecule has 92 valence electrons. The molecule has 1 atom stereocenters. The molecule has 0 aliphatic rings. The molecule has 0 saturated carbocycles. The Hall–Kier alpha value is -1.98. The summed E-state index contributed by atoms with van der Waals surface area (Å²) in [5.74, 6) is -0.425. The van der Waals surface area contributed by atoms with Gasteiger partial charge < -0.3 is 4.74 Å². The predicted molar refractivity (Wildman–Crippen MR) is 61.2 cm³/mol. The normalized spacial score (nSPS) is 11.9. The van der Waals surface area contributed by atoms with E-state index in [1.165, 1.54) is 19.2 Å². The maximum Gasteiger partial charge on any atom is 0.291 e. The smallest absolute Gasteiger partial charge is 0.291 e. The van der Waals surface area contributed by atoms with E-state index in [1.807, 2.05) is 0 Å². The molecule has 6 heteroatoms. The second kappa shape index (κ2) is 5.38. The average molecular weight is 238 g/mol. The summed E-state index contributed by atoms with van der Waals surface area (Å²) in [5, 5.41) is 10.9. The first-order chi connectivity index (χ1) is 8.01. The minimum Gasteiger partial charge on any atom is -0.481 e. The van der Waals surface area contributed by atoms with Gasteiger partial charge in [-0.1, -0.05) is 6.92 Å². The van der Waals surface area contributed by atoms with Crippen LogP contribution in [0.4, 0.5) is 5.69 Å². The van der Waals surface area contributed by atoms with E-state index in [-0.39, 0.29) is 23.0 Å². The fourth-order valence-electron chi connectivity index (χ4n) is 1.49. The van der Waals surface area contributed by atoms with Crippen molar-refractivity contribution in [2.75, 3.05) is 7.11 Å². The van der Waals surface area contributed by atoms with E-state index in [0.29, 0.717) is 6.42 Å². The maximum atomic E-state index is 11.6. The van der Waals surface area contributed by atoms with Crippen molar-refractivity contribution in [1.29, 1.82) is 0 Å². The molecule has 1 unspecified atom stereocenters. The number of Topliss-reactive ketones (excluding diaryl/α,β-unsaturated/α-hetero) is 1. The van der Waals surface area contributed by atoms with Gasteiger partial charge in [-0.15, -0.1) is 0 Å². The minimum atomic E-state index is -0.601. The molecule has 0 fully saturated rings. The summed E-state index contributed by atoms with van der Waals surface area (Å²) in [5.41, 5.74) is 0.00120. The molecular formula is C11H14N2O4. The Labute approximate surface area is 98.8 Å². The van der Waals surface area contributed by atoms with Crippen molar-refractivity contribution in [2.24, 2.45) is 0 Å². The quantitative estimate of drug-likeness (QED) is 0.579. The monoisotopic (exact) mass is 238 g/mol. The van der Waals surface area contributed by atoms with Gasteiger partial charge in [-0.25, -0.2) is 4.98 Å². The number of carbonyl (C=O) groups is 1. The zero-order valence-corrected chi connectivity index (χ0v) is 9.97. The van der Waals surface area contributed by atoms with E-state index in [4.69, 9.17) is 4.74 Å². The summed E-state index contributed by atoms with van der Waals surface area (Å²) in [6.07, 6.45) is 0.317. The summed E-state index contributed by atoms with van der Waals surface area (Å²) in [6.45, 7) is 3.32. The maximum absolute atomic E-state index is 11.6. The third kappa shape index (κ3) is 2.77. The lowest BCUT2D eigenvalue weighted by Crippen LogP contribution is -2.12. The van der Waals surface area contributed by atoms with E-state index in [2.05, 4.69) is 4.98 Å². The molecule has 0 aromatic carbocycles. The zero-order chi connectivity index (χ0) is 13.0.